The highest BCUT2D eigenvalue weighted by molar-refractivity contribution is 7.80. The largest absolute Gasteiger partial charge is 0.491 e. The Hall–Kier alpha value is -3.97. The van der Waals surface area contributed by atoms with Crippen LogP contribution in [-0.2, 0) is 39.1 Å². The fourth-order valence-corrected chi connectivity index (χ4v) is 7.22. The van der Waals surface area contributed by atoms with Crippen LogP contribution in [0.4, 0.5) is 4.79 Å². The molecule has 4 rings (SSSR count). The highest BCUT2D eigenvalue weighted by Gasteiger charge is 2.32. The second-order valence-electron chi connectivity index (χ2n) is 16.3. The third-order valence-corrected chi connectivity index (χ3v) is 10.4. The highest BCUT2D eigenvalue weighted by atomic mass is 32.2. The van der Waals surface area contributed by atoms with Crippen LogP contribution in [0.1, 0.15) is 104 Å². The molecule has 54 heavy (non-hydrogen) atoms. The molecule has 0 saturated carbocycles. The van der Waals surface area contributed by atoms with Crippen LogP contribution in [-0.4, -0.2) is 88.5 Å². The predicted octanol–water partition coefficient (Wildman–Crippen LogP) is 6.67. The van der Waals surface area contributed by atoms with Crippen molar-refractivity contribution in [2.45, 2.75) is 116 Å². The number of esters is 1. The van der Waals surface area contributed by atoms with Gasteiger partial charge in [-0.3, -0.25) is 18.6 Å². The molecule has 3 atom stereocenters. The summed E-state index contributed by atoms with van der Waals surface area (Å²) in [6.07, 6.45) is 3.79. The van der Waals surface area contributed by atoms with Gasteiger partial charge in [-0.2, -0.15) is 0 Å². The number of amides is 3. The lowest BCUT2D eigenvalue weighted by atomic mass is 9.91. The van der Waals surface area contributed by atoms with Crippen LogP contribution in [0.15, 0.2) is 53.4 Å². The average molecular weight is 770 g/mol. The minimum absolute atomic E-state index is 0.0368. The standard InChI is InChI=1S/C41H59N3O9S/c1-29-10-17-34(18-11-29)54(49)51-26-25-50-33-15-13-31(14-16-33)35(27-37(46)52-40(2,3)4)42-38(47)32-9-8-22-44(28-32)36(45)19-12-30-20-23-43(24-21-30)39(48)53-41(5,6)7/h10-11,13-18,30,32,35H,8-9,12,19-28H2,1-7H3,(H,42,47). The number of aryl methyl sites for hydroxylation is 1. The maximum atomic E-state index is 13.7. The van der Waals surface area contributed by atoms with Crippen LogP contribution in [0.2, 0.25) is 0 Å². The van der Waals surface area contributed by atoms with Gasteiger partial charge in [0.1, 0.15) is 23.6 Å². The fourth-order valence-electron chi connectivity index (χ4n) is 6.51. The summed E-state index contributed by atoms with van der Waals surface area (Å²) in [6, 6.07) is 13.7. The zero-order valence-electron chi connectivity index (χ0n) is 33.0. The van der Waals surface area contributed by atoms with Crippen molar-refractivity contribution in [3.63, 3.8) is 0 Å². The lowest BCUT2D eigenvalue weighted by Gasteiger charge is -2.35. The van der Waals surface area contributed by atoms with Gasteiger partial charge in [0.05, 0.1) is 29.9 Å². The molecule has 2 heterocycles. The number of hydrogen-bond acceptors (Lipinski definition) is 9. The molecule has 298 valence electrons. The van der Waals surface area contributed by atoms with Gasteiger partial charge in [0.2, 0.25) is 11.8 Å². The van der Waals surface area contributed by atoms with Gasteiger partial charge in [0.25, 0.3) is 0 Å². The molecule has 0 spiro atoms. The highest BCUT2D eigenvalue weighted by Crippen LogP contribution is 2.27. The summed E-state index contributed by atoms with van der Waals surface area (Å²) < 4.78 is 34.7. The molecule has 3 amide bonds. The number of nitrogens with zero attached hydrogens (tertiary/aromatic N) is 2. The van der Waals surface area contributed by atoms with E-state index >= 15 is 0 Å². The number of ether oxygens (including phenoxy) is 3. The summed E-state index contributed by atoms with van der Waals surface area (Å²) in [6.45, 7) is 15.4. The van der Waals surface area contributed by atoms with Crippen molar-refractivity contribution >= 4 is 35.0 Å². The maximum Gasteiger partial charge on any atom is 0.410 e. The monoisotopic (exact) mass is 769 g/mol. The first-order valence-electron chi connectivity index (χ1n) is 19.1. The van der Waals surface area contributed by atoms with E-state index < -0.39 is 40.2 Å². The Kier molecular flexibility index (Phi) is 15.5. The number of piperidine rings is 2. The summed E-state index contributed by atoms with van der Waals surface area (Å²) in [5, 5.41) is 3.08. The van der Waals surface area contributed by atoms with Gasteiger partial charge in [0.15, 0.2) is 11.1 Å². The fraction of sp³-hybridized carbons (Fsp3) is 0.610. The Labute approximate surface area is 323 Å². The van der Waals surface area contributed by atoms with Gasteiger partial charge < -0.3 is 29.3 Å². The molecule has 2 saturated heterocycles. The molecule has 0 bridgehead atoms. The molecule has 2 fully saturated rings. The van der Waals surface area contributed by atoms with E-state index in [0.29, 0.717) is 67.6 Å². The molecule has 2 aromatic carbocycles. The van der Waals surface area contributed by atoms with Crippen LogP contribution in [0.25, 0.3) is 0 Å². The van der Waals surface area contributed by atoms with Crippen molar-refractivity contribution in [3.05, 3.63) is 59.7 Å². The van der Waals surface area contributed by atoms with E-state index in [0.717, 1.165) is 24.8 Å². The number of rotatable bonds is 14. The third kappa shape index (κ3) is 14.4. The summed E-state index contributed by atoms with van der Waals surface area (Å²) in [4.78, 5) is 56.5. The zero-order chi connectivity index (χ0) is 39.5. The van der Waals surface area contributed by atoms with E-state index in [-0.39, 0.29) is 37.5 Å². The summed E-state index contributed by atoms with van der Waals surface area (Å²) in [5.41, 5.74) is 0.559. The Bertz CT molecular complexity index is 1580. The number of carbonyl (C=O) groups is 4. The number of hydrogen-bond donors (Lipinski definition) is 1. The van der Waals surface area contributed by atoms with Gasteiger partial charge in [-0.1, -0.05) is 29.8 Å². The Morgan fingerprint density at radius 3 is 2.11 bits per heavy atom. The van der Waals surface area contributed by atoms with E-state index in [1.807, 2.05) is 39.8 Å². The summed E-state index contributed by atoms with van der Waals surface area (Å²) in [7, 11) is 0. The van der Waals surface area contributed by atoms with Crippen molar-refractivity contribution in [1.82, 2.24) is 15.1 Å². The Morgan fingerprint density at radius 1 is 0.833 bits per heavy atom. The first-order valence-corrected chi connectivity index (χ1v) is 20.2. The second kappa shape index (κ2) is 19.6. The summed E-state index contributed by atoms with van der Waals surface area (Å²) >= 11 is -1.59. The second-order valence-corrected chi connectivity index (χ2v) is 17.4. The quantitative estimate of drug-likeness (QED) is 0.165. The molecule has 2 aliphatic heterocycles. The van der Waals surface area contributed by atoms with Gasteiger partial charge >= 0.3 is 12.1 Å². The van der Waals surface area contributed by atoms with E-state index in [1.165, 1.54) is 0 Å². The van der Waals surface area contributed by atoms with Gasteiger partial charge in [-0.25, -0.2) is 9.00 Å². The van der Waals surface area contributed by atoms with Crippen LogP contribution < -0.4 is 10.1 Å². The maximum absolute atomic E-state index is 13.7. The lowest BCUT2D eigenvalue weighted by Crippen LogP contribution is -2.46. The van der Waals surface area contributed by atoms with Crippen LogP contribution in [0.3, 0.4) is 0 Å². The molecule has 12 nitrogen and oxygen atoms in total. The van der Waals surface area contributed by atoms with Crippen molar-refractivity contribution in [2.24, 2.45) is 11.8 Å². The number of likely N-dealkylation sites (tertiary alicyclic amines) is 2. The molecular formula is C41H59N3O9S. The first-order chi connectivity index (χ1) is 25.5. The molecule has 2 aliphatic rings. The van der Waals surface area contributed by atoms with Crippen LogP contribution in [0.5, 0.6) is 5.75 Å². The molecule has 0 radical (unpaired) electrons. The smallest absolute Gasteiger partial charge is 0.410 e. The average Bonchev–Trinajstić information content (AvgIpc) is 3.11. The van der Waals surface area contributed by atoms with Crippen molar-refractivity contribution in [3.8, 4) is 5.75 Å². The zero-order valence-corrected chi connectivity index (χ0v) is 33.8. The van der Waals surface area contributed by atoms with Gasteiger partial charge in [-0.05, 0) is 116 Å². The number of nitrogens with one attached hydrogen (secondary N) is 1. The van der Waals surface area contributed by atoms with E-state index in [4.69, 9.17) is 18.4 Å². The Balaban J connectivity index is 1.28. The normalized spacial score (nSPS) is 18.0. The van der Waals surface area contributed by atoms with E-state index in [1.54, 1.807) is 67.0 Å². The van der Waals surface area contributed by atoms with Gasteiger partial charge in [-0.15, -0.1) is 0 Å². The minimum atomic E-state index is -1.59. The summed E-state index contributed by atoms with van der Waals surface area (Å²) in [5.74, 6) is -0.117. The predicted molar refractivity (Wildman–Crippen MR) is 206 cm³/mol. The van der Waals surface area contributed by atoms with E-state index in [9.17, 15) is 23.4 Å². The molecule has 0 aromatic heterocycles. The van der Waals surface area contributed by atoms with E-state index in [2.05, 4.69) is 5.32 Å². The third-order valence-electron chi connectivity index (χ3n) is 9.32. The molecule has 13 heteroatoms. The van der Waals surface area contributed by atoms with Crippen LogP contribution in [0, 0.1) is 18.8 Å². The number of carbonyl (C=O) groups excluding carboxylic acids is 4. The topological polar surface area (TPSA) is 141 Å². The molecule has 1 N–H and O–H groups in total. The molecule has 3 unspecified atom stereocenters. The first kappa shape index (κ1) is 42.8. The number of benzene rings is 2. The molecule has 0 aliphatic carbocycles. The molecular weight excluding hydrogens is 711 g/mol. The van der Waals surface area contributed by atoms with Crippen molar-refractivity contribution in [1.29, 1.82) is 0 Å². The molecule has 2 aromatic rings. The minimum Gasteiger partial charge on any atom is -0.491 e. The van der Waals surface area contributed by atoms with Crippen LogP contribution >= 0.6 is 0 Å². The Morgan fingerprint density at radius 2 is 1.48 bits per heavy atom. The van der Waals surface area contributed by atoms with Crippen molar-refractivity contribution < 1.29 is 41.8 Å². The van der Waals surface area contributed by atoms with Crippen molar-refractivity contribution in [2.75, 3.05) is 39.4 Å². The SMILES string of the molecule is Cc1ccc(S(=O)OCCOc2ccc(C(CC(=O)OC(C)(C)C)NC(=O)C3CCCN(C(=O)CCC4CCN(C(=O)OC(C)(C)C)CC4)C3)cc2)cc1. The lowest BCUT2D eigenvalue weighted by molar-refractivity contribution is -0.155. The van der Waals surface area contributed by atoms with Gasteiger partial charge in [0, 0.05) is 32.6 Å².